The van der Waals surface area contributed by atoms with Crippen LogP contribution in [0.25, 0.3) is 0 Å². The van der Waals surface area contributed by atoms with Crippen LogP contribution in [0.3, 0.4) is 0 Å². The van der Waals surface area contributed by atoms with Gasteiger partial charge < -0.3 is 19.9 Å². The third-order valence-electron chi connectivity index (χ3n) is 3.64. The molecule has 0 spiro atoms. The molecule has 0 aliphatic heterocycles. The lowest BCUT2D eigenvalue weighted by molar-refractivity contribution is -0.139. The molecular weight excluding hydrogens is 296 g/mol. The molecule has 1 atom stereocenters. The van der Waals surface area contributed by atoms with Crippen LogP contribution in [-0.4, -0.2) is 37.9 Å². The number of rotatable bonds is 10. The summed E-state index contributed by atoms with van der Waals surface area (Å²) in [5.74, 6) is 0.354. The number of hydrogen-bond donors (Lipinski definition) is 2. The van der Waals surface area contributed by atoms with Gasteiger partial charge in [-0.15, -0.1) is 0 Å². The van der Waals surface area contributed by atoms with Crippen molar-refractivity contribution in [1.29, 1.82) is 5.26 Å². The van der Waals surface area contributed by atoms with Crippen molar-refractivity contribution < 1.29 is 19.4 Å². The second kappa shape index (κ2) is 9.70. The zero-order chi connectivity index (χ0) is 17.2. The number of methoxy groups -OCH3 is 2. The lowest BCUT2D eigenvalue weighted by atomic mass is 10.0. The van der Waals surface area contributed by atoms with Gasteiger partial charge in [-0.1, -0.05) is 13.3 Å². The second-order valence-electron chi connectivity index (χ2n) is 5.19. The van der Waals surface area contributed by atoms with Crippen molar-refractivity contribution in [1.82, 2.24) is 5.32 Å². The molecule has 0 aliphatic carbocycles. The number of nitrogens with one attached hydrogen (secondary N) is 1. The van der Waals surface area contributed by atoms with Crippen LogP contribution in [0.5, 0.6) is 11.5 Å². The van der Waals surface area contributed by atoms with Gasteiger partial charge in [0.15, 0.2) is 11.5 Å². The quantitative estimate of drug-likeness (QED) is 0.686. The average molecular weight is 320 g/mol. The van der Waals surface area contributed by atoms with Gasteiger partial charge in [-0.2, -0.15) is 5.26 Å². The number of carbonyl (C=O) groups is 1. The molecule has 0 aromatic heterocycles. The minimum absolute atomic E-state index is 0.271. The highest BCUT2D eigenvalue weighted by Crippen LogP contribution is 2.31. The first-order chi connectivity index (χ1) is 11.1. The molecule has 0 aliphatic rings. The predicted octanol–water partition coefficient (Wildman–Crippen LogP) is 2.16. The van der Waals surface area contributed by atoms with Crippen molar-refractivity contribution in [3.63, 3.8) is 0 Å². The number of nitrogens with zero attached hydrogens (tertiary/aromatic N) is 1. The molecule has 2 N–H and O–H groups in total. The summed E-state index contributed by atoms with van der Waals surface area (Å²) >= 11 is 0. The first-order valence-electron chi connectivity index (χ1n) is 7.64. The van der Waals surface area contributed by atoms with Crippen molar-refractivity contribution in [3.8, 4) is 17.6 Å². The van der Waals surface area contributed by atoms with Crippen molar-refractivity contribution in [2.75, 3.05) is 20.8 Å². The van der Waals surface area contributed by atoms with E-state index in [2.05, 4.69) is 11.4 Å². The predicted molar refractivity (Wildman–Crippen MR) is 86.9 cm³/mol. The van der Waals surface area contributed by atoms with Gasteiger partial charge in [-0.25, -0.2) is 0 Å². The fourth-order valence-corrected chi connectivity index (χ4v) is 2.43. The van der Waals surface area contributed by atoms with Gasteiger partial charge in [0.2, 0.25) is 0 Å². The maximum atomic E-state index is 11.1. The van der Waals surface area contributed by atoms with E-state index in [-0.39, 0.29) is 6.42 Å². The Labute approximate surface area is 137 Å². The van der Waals surface area contributed by atoms with E-state index in [1.54, 1.807) is 20.3 Å². The van der Waals surface area contributed by atoms with E-state index in [4.69, 9.17) is 19.8 Å². The number of aliphatic carboxylic acids is 1. The monoisotopic (exact) mass is 320 g/mol. The second-order valence-corrected chi connectivity index (χ2v) is 5.19. The smallest absolute Gasteiger partial charge is 0.320 e. The Morgan fingerprint density at radius 1 is 1.30 bits per heavy atom. The van der Waals surface area contributed by atoms with E-state index in [0.29, 0.717) is 30.9 Å². The molecule has 0 heterocycles. The molecule has 126 valence electrons. The van der Waals surface area contributed by atoms with E-state index in [1.165, 1.54) is 0 Å². The molecule has 0 fully saturated rings. The SMILES string of the molecule is CCC[C@H](NCCc1cc(OC)c(OC)cc1CC#N)C(=O)O. The molecule has 0 bridgehead atoms. The van der Waals surface area contributed by atoms with Crippen molar-refractivity contribution in [2.24, 2.45) is 0 Å². The van der Waals surface area contributed by atoms with E-state index in [1.807, 2.05) is 13.0 Å². The minimum Gasteiger partial charge on any atom is -0.493 e. The summed E-state index contributed by atoms with van der Waals surface area (Å²) in [6.07, 6.45) is 2.28. The molecule has 1 aromatic rings. The molecule has 0 amide bonds. The Hall–Kier alpha value is -2.26. The molecule has 1 rings (SSSR count). The van der Waals surface area contributed by atoms with Crippen LogP contribution in [0, 0.1) is 11.3 Å². The summed E-state index contributed by atoms with van der Waals surface area (Å²) in [6, 6.07) is 5.25. The third kappa shape index (κ3) is 5.46. The Balaban J connectivity index is 2.85. The molecule has 0 saturated carbocycles. The first kappa shape index (κ1) is 18.8. The summed E-state index contributed by atoms with van der Waals surface area (Å²) in [5.41, 5.74) is 1.83. The summed E-state index contributed by atoms with van der Waals surface area (Å²) in [6.45, 7) is 2.47. The van der Waals surface area contributed by atoms with Gasteiger partial charge in [0.1, 0.15) is 6.04 Å². The minimum atomic E-state index is -0.837. The molecule has 1 aromatic carbocycles. The third-order valence-corrected chi connectivity index (χ3v) is 3.64. The molecule has 6 heteroatoms. The molecule has 23 heavy (non-hydrogen) atoms. The van der Waals surface area contributed by atoms with Crippen LogP contribution < -0.4 is 14.8 Å². The normalized spacial score (nSPS) is 11.6. The largest absolute Gasteiger partial charge is 0.493 e. The van der Waals surface area contributed by atoms with E-state index < -0.39 is 12.0 Å². The van der Waals surface area contributed by atoms with Gasteiger partial charge in [0.25, 0.3) is 0 Å². The van der Waals surface area contributed by atoms with E-state index >= 15 is 0 Å². The van der Waals surface area contributed by atoms with Crippen LogP contribution in [-0.2, 0) is 17.6 Å². The fourth-order valence-electron chi connectivity index (χ4n) is 2.43. The fraction of sp³-hybridized carbons (Fsp3) is 0.529. The maximum Gasteiger partial charge on any atom is 0.320 e. The van der Waals surface area contributed by atoms with Gasteiger partial charge in [0, 0.05) is 0 Å². The number of hydrogen-bond acceptors (Lipinski definition) is 5. The van der Waals surface area contributed by atoms with Crippen LogP contribution in [0.15, 0.2) is 12.1 Å². The number of ether oxygens (including phenoxy) is 2. The van der Waals surface area contributed by atoms with Gasteiger partial charge in [0.05, 0.1) is 26.7 Å². The summed E-state index contributed by atoms with van der Waals surface area (Å²) in [5, 5.41) is 21.2. The number of carboxylic acid groups (broad SMARTS) is 1. The van der Waals surface area contributed by atoms with Crippen LogP contribution in [0.2, 0.25) is 0 Å². The summed E-state index contributed by atoms with van der Waals surface area (Å²) in [7, 11) is 3.11. The lowest BCUT2D eigenvalue weighted by Gasteiger charge is -2.16. The lowest BCUT2D eigenvalue weighted by Crippen LogP contribution is -2.37. The topological polar surface area (TPSA) is 91.6 Å². The first-order valence-corrected chi connectivity index (χ1v) is 7.64. The van der Waals surface area contributed by atoms with E-state index in [0.717, 1.165) is 17.5 Å². The van der Waals surface area contributed by atoms with Crippen molar-refractivity contribution in [2.45, 2.75) is 38.6 Å². The average Bonchev–Trinajstić information content (AvgIpc) is 2.54. The van der Waals surface area contributed by atoms with Gasteiger partial charge in [-0.05, 0) is 42.6 Å². The Morgan fingerprint density at radius 2 is 1.91 bits per heavy atom. The number of nitriles is 1. The van der Waals surface area contributed by atoms with Crippen LogP contribution >= 0.6 is 0 Å². The Kier molecular flexibility index (Phi) is 7.92. The Bertz CT molecular complexity index is 566. The highest BCUT2D eigenvalue weighted by atomic mass is 16.5. The number of benzene rings is 1. The van der Waals surface area contributed by atoms with Gasteiger partial charge in [-0.3, -0.25) is 4.79 Å². The maximum absolute atomic E-state index is 11.1. The molecule has 0 saturated heterocycles. The number of carboxylic acids is 1. The zero-order valence-electron chi connectivity index (χ0n) is 13.9. The highest BCUT2D eigenvalue weighted by molar-refractivity contribution is 5.73. The summed E-state index contributed by atoms with van der Waals surface area (Å²) in [4.78, 5) is 11.1. The van der Waals surface area contributed by atoms with Crippen LogP contribution in [0.4, 0.5) is 0 Å². The molecule has 0 radical (unpaired) electrons. The van der Waals surface area contributed by atoms with Crippen molar-refractivity contribution in [3.05, 3.63) is 23.3 Å². The van der Waals surface area contributed by atoms with Crippen LogP contribution in [0.1, 0.15) is 30.9 Å². The molecule has 6 nitrogen and oxygen atoms in total. The molecule has 0 unspecified atom stereocenters. The Morgan fingerprint density at radius 3 is 2.39 bits per heavy atom. The summed E-state index contributed by atoms with van der Waals surface area (Å²) < 4.78 is 10.5. The highest BCUT2D eigenvalue weighted by Gasteiger charge is 2.16. The van der Waals surface area contributed by atoms with Gasteiger partial charge >= 0.3 is 5.97 Å². The standard InChI is InChI=1S/C17H24N2O4/c1-4-5-14(17(20)21)19-9-7-13-11-16(23-3)15(22-2)10-12(13)6-8-18/h10-11,14,19H,4-7,9H2,1-3H3,(H,20,21)/t14-/m0/s1. The van der Waals surface area contributed by atoms with Crippen molar-refractivity contribution >= 4 is 5.97 Å². The van der Waals surface area contributed by atoms with E-state index in [9.17, 15) is 4.79 Å². The zero-order valence-corrected chi connectivity index (χ0v) is 13.9. The molecular formula is C17H24N2O4.